The van der Waals surface area contributed by atoms with Crippen molar-refractivity contribution in [2.75, 3.05) is 9.80 Å². The van der Waals surface area contributed by atoms with Crippen LogP contribution in [0, 0.1) is 6.92 Å². The largest absolute Gasteiger partial charge is 0.454 e. The Hall–Kier alpha value is -5.22. The van der Waals surface area contributed by atoms with Crippen molar-refractivity contribution in [1.29, 1.82) is 0 Å². The van der Waals surface area contributed by atoms with Gasteiger partial charge in [0, 0.05) is 39.2 Å². The first-order chi connectivity index (χ1) is 26.6. The zero-order chi connectivity index (χ0) is 39.1. The van der Waals surface area contributed by atoms with E-state index in [4.69, 9.17) is 4.42 Å². The number of nitrogens with zero attached hydrogens (tertiary/aromatic N) is 2. The number of benzene rings is 6. The van der Waals surface area contributed by atoms with Crippen LogP contribution in [0.25, 0.3) is 21.9 Å². The molecule has 0 fully saturated rings. The molecule has 3 nitrogen and oxygen atoms in total. The third kappa shape index (κ3) is 5.24. The van der Waals surface area contributed by atoms with Gasteiger partial charge in [-0.3, -0.25) is 0 Å². The van der Waals surface area contributed by atoms with Gasteiger partial charge in [0.15, 0.2) is 5.58 Å². The first-order valence-electron chi connectivity index (χ1n) is 20.7. The second kappa shape index (κ2) is 11.9. The average Bonchev–Trinajstić information content (AvgIpc) is 3.78. The second-order valence-electron chi connectivity index (χ2n) is 19.9. The van der Waals surface area contributed by atoms with Crippen molar-refractivity contribution >= 4 is 79.2 Å². The fourth-order valence-corrected chi connectivity index (χ4v) is 9.86. The summed E-state index contributed by atoms with van der Waals surface area (Å²) in [6.45, 7) is 23.0. The van der Waals surface area contributed by atoms with E-state index in [0.29, 0.717) is 0 Å². The fourth-order valence-electron chi connectivity index (χ4n) is 9.86. The van der Waals surface area contributed by atoms with Crippen LogP contribution >= 0.6 is 0 Å². The molecule has 1 aliphatic carbocycles. The summed E-state index contributed by atoms with van der Waals surface area (Å²) >= 11 is 0. The number of anilines is 6. The maximum Gasteiger partial charge on any atom is 0.252 e. The van der Waals surface area contributed by atoms with Gasteiger partial charge in [-0.25, -0.2) is 0 Å². The fraction of sp³-hybridized carbons (Fsp3) is 0.308. The lowest BCUT2D eigenvalue weighted by Gasteiger charge is -2.44. The topological polar surface area (TPSA) is 19.6 Å². The van der Waals surface area contributed by atoms with Crippen LogP contribution < -0.4 is 26.2 Å². The van der Waals surface area contributed by atoms with Crippen molar-refractivity contribution < 1.29 is 4.42 Å². The summed E-state index contributed by atoms with van der Waals surface area (Å²) in [7, 11) is 0. The summed E-state index contributed by atoms with van der Waals surface area (Å²) in [4.78, 5) is 5.07. The van der Waals surface area contributed by atoms with E-state index < -0.39 is 0 Å². The third-order valence-electron chi connectivity index (χ3n) is 12.9. The molecule has 1 aromatic heterocycles. The monoisotopic (exact) mass is 732 g/mol. The van der Waals surface area contributed by atoms with Crippen molar-refractivity contribution in [1.82, 2.24) is 0 Å². The molecule has 3 aliphatic rings. The van der Waals surface area contributed by atoms with E-state index in [1.54, 1.807) is 0 Å². The molecule has 0 unspecified atom stereocenters. The number of fused-ring (bicyclic) bond motifs is 10. The highest BCUT2D eigenvalue weighted by molar-refractivity contribution is 7.00. The zero-order valence-corrected chi connectivity index (χ0v) is 34.8. The van der Waals surface area contributed by atoms with E-state index in [1.807, 2.05) is 0 Å². The third-order valence-corrected chi connectivity index (χ3v) is 12.9. The summed E-state index contributed by atoms with van der Waals surface area (Å²) in [5.41, 5.74) is 21.5. The van der Waals surface area contributed by atoms with Gasteiger partial charge < -0.3 is 14.2 Å². The van der Waals surface area contributed by atoms with Gasteiger partial charge in [-0.05, 0) is 141 Å². The summed E-state index contributed by atoms with van der Waals surface area (Å²) in [5, 5.41) is 2.53. The van der Waals surface area contributed by atoms with Gasteiger partial charge in [-0.15, -0.1) is 0 Å². The second-order valence-corrected chi connectivity index (χ2v) is 19.9. The molecule has 0 N–H and O–H groups in total. The van der Waals surface area contributed by atoms with Crippen LogP contribution in [0.4, 0.5) is 34.1 Å². The summed E-state index contributed by atoms with van der Waals surface area (Å²) in [6.07, 6.45) is 3.47. The number of furan rings is 1. The lowest BCUT2D eigenvalue weighted by molar-refractivity contribution is 0.590. The Bertz CT molecular complexity index is 2730. The van der Waals surface area contributed by atoms with Gasteiger partial charge in [-0.1, -0.05) is 117 Å². The molecule has 56 heavy (non-hydrogen) atoms. The molecule has 2 aliphatic heterocycles. The van der Waals surface area contributed by atoms with Crippen LogP contribution in [0.15, 0.2) is 108 Å². The van der Waals surface area contributed by atoms with Crippen molar-refractivity contribution in [2.45, 2.75) is 105 Å². The van der Waals surface area contributed by atoms with Crippen LogP contribution in [0.1, 0.15) is 102 Å². The van der Waals surface area contributed by atoms with Crippen LogP contribution in [0.2, 0.25) is 0 Å². The van der Waals surface area contributed by atoms with Gasteiger partial charge >= 0.3 is 0 Å². The molecule has 6 aromatic carbocycles. The van der Waals surface area contributed by atoms with Gasteiger partial charge in [0.25, 0.3) is 6.71 Å². The number of hydrogen-bond donors (Lipinski definition) is 0. The quantitative estimate of drug-likeness (QED) is 0.165. The van der Waals surface area contributed by atoms with E-state index in [2.05, 4.69) is 182 Å². The van der Waals surface area contributed by atoms with Gasteiger partial charge in [0.1, 0.15) is 5.58 Å². The number of aryl methyl sites for hydroxylation is 3. The molecule has 0 amide bonds. The van der Waals surface area contributed by atoms with Crippen molar-refractivity contribution in [2.24, 2.45) is 0 Å². The Balaban J connectivity index is 1.31. The Morgan fingerprint density at radius 3 is 1.77 bits per heavy atom. The van der Waals surface area contributed by atoms with Gasteiger partial charge in [0.2, 0.25) is 0 Å². The highest BCUT2D eigenvalue weighted by atomic mass is 16.3. The molecule has 0 saturated carbocycles. The average molecular weight is 733 g/mol. The Labute approximate surface area is 333 Å². The SMILES string of the molecule is Cc1cc2c3c(c1)N(c1ccc(C(C)(C)C)cc1)c1c(ccc4c1oc1ccc5c(c14)CCC5)B3c1cc(C(C)(C)C)ccc1N2c1ccc(C(C)(C)C)cc1. The smallest absolute Gasteiger partial charge is 0.252 e. The number of hydrogen-bond acceptors (Lipinski definition) is 3. The first-order valence-corrected chi connectivity index (χ1v) is 20.7. The van der Waals surface area contributed by atoms with Crippen molar-refractivity contribution in [3.8, 4) is 0 Å². The molecule has 0 saturated heterocycles. The lowest BCUT2D eigenvalue weighted by atomic mass is 9.33. The van der Waals surface area contributed by atoms with Crippen LogP contribution in [0.5, 0.6) is 0 Å². The van der Waals surface area contributed by atoms with E-state index in [-0.39, 0.29) is 23.0 Å². The summed E-state index contributed by atoms with van der Waals surface area (Å²) in [6, 6.07) is 40.0. The van der Waals surface area contributed by atoms with Crippen LogP contribution in [-0.2, 0) is 29.1 Å². The molecular formula is C52H53BN2O. The van der Waals surface area contributed by atoms with E-state index in [1.165, 1.54) is 89.7 Å². The molecule has 0 bridgehead atoms. The normalized spacial score (nSPS) is 15.0. The molecule has 0 atom stereocenters. The highest BCUT2D eigenvalue weighted by Gasteiger charge is 2.45. The highest BCUT2D eigenvalue weighted by Crippen LogP contribution is 2.49. The first kappa shape index (κ1) is 35.2. The zero-order valence-electron chi connectivity index (χ0n) is 34.8. The molecule has 280 valence electrons. The Morgan fingerprint density at radius 1 is 0.554 bits per heavy atom. The minimum absolute atomic E-state index is 0.00794. The van der Waals surface area contributed by atoms with E-state index in [0.717, 1.165) is 35.4 Å². The molecule has 4 heteroatoms. The van der Waals surface area contributed by atoms with Gasteiger partial charge in [0.05, 0.1) is 5.69 Å². The minimum Gasteiger partial charge on any atom is -0.454 e. The van der Waals surface area contributed by atoms with E-state index >= 15 is 0 Å². The Kier molecular flexibility index (Phi) is 7.48. The maximum atomic E-state index is 7.14. The minimum atomic E-state index is -0.00794. The van der Waals surface area contributed by atoms with Crippen molar-refractivity contribution in [3.05, 3.63) is 137 Å². The standard InChI is InChI=1S/C52H53BN2O/c1-31-28-43-47-44(29-31)55(37-22-17-34(18-23-37)51(5,6)7)48-40(25-24-39-46-38-13-11-12-32(38)14-27-45(46)56-49(39)48)53(47)41-30-35(52(8,9)10)19-26-42(41)54(43)36-20-15-33(16-21-36)50(2,3)4/h14-30H,11-13H2,1-10H3. The van der Waals surface area contributed by atoms with Crippen LogP contribution in [-0.4, -0.2) is 6.71 Å². The predicted molar refractivity (Wildman–Crippen MR) is 241 cm³/mol. The summed E-state index contributed by atoms with van der Waals surface area (Å²) < 4.78 is 7.14. The molecule has 3 heterocycles. The Morgan fingerprint density at radius 2 is 1.14 bits per heavy atom. The van der Waals surface area contributed by atoms with Gasteiger partial charge in [-0.2, -0.15) is 0 Å². The lowest BCUT2D eigenvalue weighted by Crippen LogP contribution is -2.61. The van der Waals surface area contributed by atoms with Crippen LogP contribution in [0.3, 0.4) is 0 Å². The van der Waals surface area contributed by atoms with E-state index in [9.17, 15) is 0 Å². The number of rotatable bonds is 2. The maximum absolute atomic E-state index is 7.14. The molecule has 0 radical (unpaired) electrons. The predicted octanol–water partition coefficient (Wildman–Crippen LogP) is 12.4. The molecule has 10 rings (SSSR count). The molecule has 7 aromatic rings. The molecule has 0 spiro atoms. The molecular weight excluding hydrogens is 679 g/mol. The van der Waals surface area contributed by atoms with Crippen molar-refractivity contribution in [3.63, 3.8) is 0 Å². The summed E-state index contributed by atoms with van der Waals surface area (Å²) in [5.74, 6) is 0.